The zero-order valence-corrected chi connectivity index (χ0v) is 11.0. The lowest BCUT2D eigenvalue weighted by Crippen LogP contribution is -2.44. The second-order valence-electron chi connectivity index (χ2n) is 3.78. The number of para-hydroxylation sites is 1. The molecule has 20 heavy (non-hydrogen) atoms. The van der Waals surface area contributed by atoms with Gasteiger partial charge in [-0.3, -0.25) is 9.59 Å². The highest BCUT2D eigenvalue weighted by Crippen LogP contribution is 2.22. The Morgan fingerprint density at radius 2 is 1.90 bits per heavy atom. The molecule has 0 unspecified atom stereocenters. The number of ether oxygens (including phenoxy) is 1. The van der Waals surface area contributed by atoms with Gasteiger partial charge in [0.25, 0.3) is 5.91 Å². The van der Waals surface area contributed by atoms with E-state index in [9.17, 15) is 14.4 Å². The quantitative estimate of drug-likeness (QED) is 0.685. The largest absolute Gasteiger partial charge is 0.482 e. The van der Waals surface area contributed by atoms with Gasteiger partial charge in [-0.15, -0.1) is 0 Å². The van der Waals surface area contributed by atoms with E-state index in [0.717, 1.165) is 0 Å². The van der Waals surface area contributed by atoms with Crippen LogP contribution in [-0.2, 0) is 14.4 Å². The molecule has 7 nitrogen and oxygen atoms in total. The van der Waals surface area contributed by atoms with Gasteiger partial charge >= 0.3 is 11.9 Å². The molecular weight excluding hydrogens is 290 g/mol. The number of rotatable bonds is 7. The average Bonchev–Trinajstić information content (AvgIpc) is 2.36. The monoisotopic (exact) mass is 301 g/mol. The first-order valence-electron chi connectivity index (χ1n) is 5.51. The van der Waals surface area contributed by atoms with Crippen LogP contribution < -0.4 is 10.1 Å². The zero-order chi connectivity index (χ0) is 15.1. The van der Waals surface area contributed by atoms with Crippen LogP contribution in [0.4, 0.5) is 0 Å². The Kier molecular flexibility index (Phi) is 5.79. The molecule has 3 N–H and O–H groups in total. The predicted octanol–water partition coefficient (Wildman–Crippen LogP) is 0.763. The van der Waals surface area contributed by atoms with Gasteiger partial charge < -0.3 is 20.3 Å². The number of amides is 1. The molecule has 0 aliphatic rings. The lowest BCUT2D eigenvalue weighted by molar-refractivity contribution is -0.147. The van der Waals surface area contributed by atoms with Gasteiger partial charge in [0, 0.05) is 0 Å². The van der Waals surface area contributed by atoms with E-state index in [1.807, 2.05) is 0 Å². The summed E-state index contributed by atoms with van der Waals surface area (Å²) in [5.74, 6) is -3.24. The van der Waals surface area contributed by atoms with Crippen LogP contribution in [0.1, 0.15) is 6.42 Å². The summed E-state index contributed by atoms with van der Waals surface area (Å²) < 4.78 is 5.10. The van der Waals surface area contributed by atoms with Crippen molar-refractivity contribution in [3.05, 3.63) is 29.3 Å². The van der Waals surface area contributed by atoms with Gasteiger partial charge in [0.1, 0.15) is 11.8 Å². The molecule has 1 aromatic rings. The van der Waals surface area contributed by atoms with Gasteiger partial charge in [0.15, 0.2) is 6.61 Å². The molecule has 0 aromatic heterocycles. The molecule has 0 bridgehead atoms. The molecule has 0 saturated carbocycles. The Balaban J connectivity index is 2.52. The summed E-state index contributed by atoms with van der Waals surface area (Å²) in [6, 6.07) is 4.95. The summed E-state index contributed by atoms with van der Waals surface area (Å²) in [6.07, 6.45) is -0.715. The topological polar surface area (TPSA) is 113 Å². The van der Waals surface area contributed by atoms with E-state index >= 15 is 0 Å². The Morgan fingerprint density at radius 1 is 1.25 bits per heavy atom. The lowest BCUT2D eigenvalue weighted by Gasteiger charge is -2.13. The predicted molar refractivity (Wildman–Crippen MR) is 68.8 cm³/mol. The van der Waals surface area contributed by atoms with Crippen molar-refractivity contribution in [2.24, 2.45) is 0 Å². The number of nitrogens with one attached hydrogen (secondary N) is 1. The molecule has 0 spiro atoms. The van der Waals surface area contributed by atoms with Crippen LogP contribution in [0.25, 0.3) is 0 Å². The van der Waals surface area contributed by atoms with E-state index in [-0.39, 0.29) is 5.75 Å². The number of carbonyl (C=O) groups excluding carboxylic acids is 1. The van der Waals surface area contributed by atoms with Crippen LogP contribution in [-0.4, -0.2) is 40.7 Å². The number of hydrogen-bond acceptors (Lipinski definition) is 4. The molecule has 8 heteroatoms. The minimum Gasteiger partial charge on any atom is -0.482 e. The maximum absolute atomic E-state index is 11.5. The number of hydrogen-bond donors (Lipinski definition) is 3. The van der Waals surface area contributed by atoms with E-state index in [1.165, 1.54) is 0 Å². The van der Waals surface area contributed by atoms with Gasteiger partial charge in [-0.2, -0.15) is 0 Å². The summed E-state index contributed by atoms with van der Waals surface area (Å²) in [5, 5.41) is 19.6. The van der Waals surface area contributed by atoms with Gasteiger partial charge in [-0.25, -0.2) is 4.79 Å². The van der Waals surface area contributed by atoms with Gasteiger partial charge in [-0.1, -0.05) is 23.7 Å². The molecule has 1 rings (SSSR count). The SMILES string of the molecule is O=C(O)C[C@H](NC(=O)COc1ccccc1Cl)C(=O)O. The minimum absolute atomic E-state index is 0.273. The lowest BCUT2D eigenvalue weighted by atomic mass is 10.2. The van der Waals surface area contributed by atoms with Crippen molar-refractivity contribution in [2.45, 2.75) is 12.5 Å². The Morgan fingerprint density at radius 3 is 2.45 bits per heavy atom. The average molecular weight is 302 g/mol. The van der Waals surface area contributed by atoms with Crippen molar-refractivity contribution in [2.75, 3.05) is 6.61 Å². The smallest absolute Gasteiger partial charge is 0.326 e. The molecular formula is C12H12ClNO6. The Labute approximate surface area is 119 Å². The number of benzene rings is 1. The van der Waals surface area contributed by atoms with Crippen molar-refractivity contribution in [1.29, 1.82) is 0 Å². The van der Waals surface area contributed by atoms with E-state index in [0.29, 0.717) is 5.02 Å². The Hall–Kier alpha value is -2.28. The third-order valence-electron chi connectivity index (χ3n) is 2.21. The molecule has 0 fully saturated rings. The molecule has 1 atom stereocenters. The summed E-state index contributed by atoms with van der Waals surface area (Å²) in [5.41, 5.74) is 0. The normalized spacial score (nSPS) is 11.4. The van der Waals surface area contributed by atoms with E-state index in [2.05, 4.69) is 5.32 Å². The van der Waals surface area contributed by atoms with Crippen LogP contribution in [0.3, 0.4) is 0 Å². The summed E-state index contributed by atoms with van der Waals surface area (Å²) in [4.78, 5) is 32.7. The zero-order valence-electron chi connectivity index (χ0n) is 10.2. The summed E-state index contributed by atoms with van der Waals surface area (Å²) >= 11 is 5.80. The third-order valence-corrected chi connectivity index (χ3v) is 2.52. The molecule has 1 aromatic carbocycles. The van der Waals surface area contributed by atoms with Crippen molar-refractivity contribution in [3.8, 4) is 5.75 Å². The highest BCUT2D eigenvalue weighted by atomic mass is 35.5. The van der Waals surface area contributed by atoms with Crippen molar-refractivity contribution >= 4 is 29.4 Å². The standard InChI is InChI=1S/C12H12ClNO6/c13-7-3-1-2-4-9(7)20-6-10(15)14-8(12(18)19)5-11(16)17/h1-4,8H,5-6H2,(H,14,15)(H,16,17)(H,18,19)/t8-/m0/s1. The molecule has 0 aliphatic heterocycles. The fraction of sp³-hybridized carbons (Fsp3) is 0.250. The van der Waals surface area contributed by atoms with Crippen LogP contribution >= 0.6 is 11.6 Å². The highest BCUT2D eigenvalue weighted by molar-refractivity contribution is 6.32. The van der Waals surface area contributed by atoms with E-state index < -0.39 is 36.9 Å². The molecule has 1 amide bonds. The van der Waals surface area contributed by atoms with Gasteiger partial charge in [0.05, 0.1) is 11.4 Å². The maximum atomic E-state index is 11.5. The molecule has 108 valence electrons. The van der Waals surface area contributed by atoms with Crippen LogP contribution in [0, 0.1) is 0 Å². The van der Waals surface area contributed by atoms with Gasteiger partial charge in [-0.05, 0) is 12.1 Å². The molecule has 0 radical (unpaired) electrons. The minimum atomic E-state index is -1.50. The first-order valence-corrected chi connectivity index (χ1v) is 5.89. The van der Waals surface area contributed by atoms with Crippen LogP contribution in [0.2, 0.25) is 5.02 Å². The Bertz CT molecular complexity index is 518. The third kappa shape index (κ3) is 5.15. The number of aliphatic carboxylic acids is 2. The number of halogens is 1. The number of carbonyl (C=O) groups is 3. The summed E-state index contributed by atoms with van der Waals surface area (Å²) in [7, 11) is 0. The number of carboxylic acids is 2. The van der Waals surface area contributed by atoms with Crippen LogP contribution in [0.5, 0.6) is 5.75 Å². The molecule has 0 saturated heterocycles. The van der Waals surface area contributed by atoms with Crippen molar-refractivity contribution in [3.63, 3.8) is 0 Å². The molecule has 0 heterocycles. The van der Waals surface area contributed by atoms with E-state index in [1.54, 1.807) is 24.3 Å². The van der Waals surface area contributed by atoms with Crippen LogP contribution in [0.15, 0.2) is 24.3 Å². The second-order valence-corrected chi connectivity index (χ2v) is 4.18. The van der Waals surface area contributed by atoms with Crippen molar-refractivity contribution in [1.82, 2.24) is 5.32 Å². The van der Waals surface area contributed by atoms with Gasteiger partial charge in [0.2, 0.25) is 0 Å². The van der Waals surface area contributed by atoms with Crippen molar-refractivity contribution < 1.29 is 29.3 Å². The summed E-state index contributed by atoms with van der Waals surface area (Å²) in [6.45, 7) is -0.465. The first kappa shape index (κ1) is 15.8. The molecule has 0 aliphatic carbocycles. The maximum Gasteiger partial charge on any atom is 0.326 e. The fourth-order valence-electron chi connectivity index (χ4n) is 1.32. The van der Waals surface area contributed by atoms with E-state index in [4.69, 9.17) is 26.6 Å². The second kappa shape index (κ2) is 7.34. The highest BCUT2D eigenvalue weighted by Gasteiger charge is 2.23. The first-order chi connectivity index (χ1) is 9.40. The number of carboxylic acid groups (broad SMARTS) is 2. The fourth-order valence-corrected chi connectivity index (χ4v) is 1.51.